The number of hydrogen-bond acceptors (Lipinski definition) is 3. The number of hydrogen-bond donors (Lipinski definition) is 2. The van der Waals surface area contributed by atoms with Gasteiger partial charge in [-0.1, -0.05) is 0 Å². The standard InChI is InChI=1S/C12H12N2O3/c1-7(17-6-15)10-5-14-11-3-2-8(12(13)16)4-9(10)11/h2-7,14H,1H3,(H2,13,16). The predicted octanol–water partition coefficient (Wildman–Crippen LogP) is 1.50. The van der Waals surface area contributed by atoms with Crippen LogP contribution < -0.4 is 5.73 Å². The number of primary amides is 1. The fourth-order valence-electron chi connectivity index (χ4n) is 1.79. The van der Waals surface area contributed by atoms with Crippen molar-refractivity contribution in [3.8, 4) is 0 Å². The number of amides is 1. The Balaban J connectivity index is 2.53. The van der Waals surface area contributed by atoms with E-state index in [0.29, 0.717) is 12.0 Å². The monoisotopic (exact) mass is 232 g/mol. The maximum absolute atomic E-state index is 11.1. The number of fused-ring (bicyclic) bond motifs is 1. The lowest BCUT2D eigenvalue weighted by molar-refractivity contribution is -0.133. The van der Waals surface area contributed by atoms with Gasteiger partial charge in [-0.05, 0) is 25.1 Å². The summed E-state index contributed by atoms with van der Waals surface area (Å²) >= 11 is 0. The summed E-state index contributed by atoms with van der Waals surface area (Å²) in [7, 11) is 0. The summed E-state index contributed by atoms with van der Waals surface area (Å²) in [5, 5.41) is 0.829. The molecule has 17 heavy (non-hydrogen) atoms. The highest BCUT2D eigenvalue weighted by atomic mass is 16.5. The Morgan fingerprint density at radius 3 is 2.94 bits per heavy atom. The first-order valence-corrected chi connectivity index (χ1v) is 5.13. The molecular weight excluding hydrogens is 220 g/mol. The number of carbonyl (C=O) groups is 2. The van der Waals surface area contributed by atoms with E-state index in [1.165, 1.54) is 0 Å². The molecule has 1 amide bonds. The van der Waals surface area contributed by atoms with E-state index in [9.17, 15) is 9.59 Å². The van der Waals surface area contributed by atoms with Gasteiger partial charge in [-0.25, -0.2) is 0 Å². The van der Waals surface area contributed by atoms with Gasteiger partial charge in [0, 0.05) is 28.2 Å². The van der Waals surface area contributed by atoms with Crippen LogP contribution >= 0.6 is 0 Å². The molecule has 0 fully saturated rings. The van der Waals surface area contributed by atoms with Crippen LogP contribution in [-0.4, -0.2) is 17.4 Å². The molecule has 0 spiro atoms. The Morgan fingerprint density at radius 2 is 2.29 bits per heavy atom. The summed E-state index contributed by atoms with van der Waals surface area (Å²) < 4.78 is 4.88. The van der Waals surface area contributed by atoms with Crippen molar-refractivity contribution in [2.75, 3.05) is 0 Å². The van der Waals surface area contributed by atoms with Gasteiger partial charge in [0.25, 0.3) is 6.47 Å². The molecule has 1 atom stereocenters. The maximum atomic E-state index is 11.1. The Bertz CT molecular complexity index is 574. The molecule has 1 aromatic heterocycles. The number of benzene rings is 1. The lowest BCUT2D eigenvalue weighted by Crippen LogP contribution is -2.10. The van der Waals surface area contributed by atoms with E-state index >= 15 is 0 Å². The molecular formula is C12H12N2O3. The summed E-state index contributed by atoms with van der Waals surface area (Å²) in [6, 6.07) is 5.11. The molecule has 0 aliphatic carbocycles. The second kappa shape index (κ2) is 4.29. The van der Waals surface area contributed by atoms with Gasteiger partial charge in [-0.3, -0.25) is 9.59 Å². The topological polar surface area (TPSA) is 85.2 Å². The molecule has 5 nitrogen and oxygen atoms in total. The molecule has 1 aromatic carbocycles. The Labute approximate surface area is 97.6 Å². The van der Waals surface area contributed by atoms with E-state index in [-0.39, 0.29) is 6.10 Å². The lowest BCUT2D eigenvalue weighted by Gasteiger charge is -2.08. The van der Waals surface area contributed by atoms with Crippen LogP contribution in [0.4, 0.5) is 0 Å². The third-order valence-electron chi connectivity index (χ3n) is 2.70. The van der Waals surface area contributed by atoms with Gasteiger partial charge in [0.15, 0.2) is 0 Å². The number of H-pyrrole nitrogens is 1. The summed E-state index contributed by atoms with van der Waals surface area (Å²) in [6.45, 7) is 2.16. The van der Waals surface area contributed by atoms with Crippen molar-refractivity contribution in [3.05, 3.63) is 35.5 Å². The zero-order chi connectivity index (χ0) is 12.4. The van der Waals surface area contributed by atoms with Gasteiger partial charge in [0.05, 0.1) is 0 Å². The van der Waals surface area contributed by atoms with Crippen LogP contribution in [0.5, 0.6) is 0 Å². The molecule has 5 heteroatoms. The summed E-state index contributed by atoms with van der Waals surface area (Å²) in [5.41, 5.74) is 7.33. The molecule has 0 saturated carbocycles. The molecule has 1 unspecified atom stereocenters. The number of aromatic amines is 1. The predicted molar refractivity (Wildman–Crippen MR) is 62.4 cm³/mol. The first-order valence-electron chi connectivity index (χ1n) is 5.13. The van der Waals surface area contributed by atoms with E-state index in [0.717, 1.165) is 16.5 Å². The second-order valence-electron chi connectivity index (χ2n) is 3.74. The van der Waals surface area contributed by atoms with Crippen molar-refractivity contribution in [1.82, 2.24) is 4.98 Å². The van der Waals surface area contributed by atoms with Crippen LogP contribution in [0.25, 0.3) is 10.9 Å². The minimum atomic E-state index is -0.483. The van der Waals surface area contributed by atoms with Gasteiger partial charge in [-0.15, -0.1) is 0 Å². The zero-order valence-electron chi connectivity index (χ0n) is 9.27. The highest BCUT2D eigenvalue weighted by molar-refractivity contribution is 5.97. The quantitative estimate of drug-likeness (QED) is 0.783. The van der Waals surface area contributed by atoms with Gasteiger partial charge in [-0.2, -0.15) is 0 Å². The Hall–Kier alpha value is -2.30. The first-order chi connectivity index (χ1) is 8.13. The van der Waals surface area contributed by atoms with Crippen molar-refractivity contribution < 1.29 is 14.3 Å². The zero-order valence-corrected chi connectivity index (χ0v) is 9.27. The van der Waals surface area contributed by atoms with Gasteiger partial charge in [0.1, 0.15) is 6.10 Å². The summed E-state index contributed by atoms with van der Waals surface area (Å²) in [6.07, 6.45) is 1.38. The van der Waals surface area contributed by atoms with E-state index in [1.807, 2.05) is 0 Å². The normalized spacial score (nSPS) is 12.3. The van der Waals surface area contributed by atoms with Crippen LogP contribution in [-0.2, 0) is 9.53 Å². The molecule has 0 saturated heterocycles. The fourth-order valence-corrected chi connectivity index (χ4v) is 1.79. The van der Waals surface area contributed by atoms with Crippen LogP contribution in [0.3, 0.4) is 0 Å². The van der Waals surface area contributed by atoms with Crippen molar-refractivity contribution in [3.63, 3.8) is 0 Å². The van der Waals surface area contributed by atoms with Gasteiger partial charge >= 0.3 is 0 Å². The minimum Gasteiger partial charge on any atom is -0.460 e. The lowest BCUT2D eigenvalue weighted by atomic mass is 10.1. The van der Waals surface area contributed by atoms with E-state index in [2.05, 4.69) is 4.98 Å². The molecule has 0 bridgehead atoms. The highest BCUT2D eigenvalue weighted by Crippen LogP contribution is 2.26. The van der Waals surface area contributed by atoms with Gasteiger partial charge in [0.2, 0.25) is 5.91 Å². The van der Waals surface area contributed by atoms with Crippen LogP contribution in [0.2, 0.25) is 0 Å². The largest absolute Gasteiger partial charge is 0.460 e. The third kappa shape index (κ3) is 1.99. The number of ether oxygens (including phenoxy) is 1. The molecule has 88 valence electrons. The average Bonchev–Trinajstić information content (AvgIpc) is 2.71. The Kier molecular flexibility index (Phi) is 2.82. The Morgan fingerprint density at radius 1 is 1.53 bits per heavy atom. The first kappa shape index (κ1) is 11.2. The number of nitrogens with two attached hydrogens (primary N) is 1. The second-order valence-corrected chi connectivity index (χ2v) is 3.74. The van der Waals surface area contributed by atoms with Crippen molar-refractivity contribution in [2.24, 2.45) is 5.73 Å². The smallest absolute Gasteiger partial charge is 0.293 e. The van der Waals surface area contributed by atoms with Crippen LogP contribution in [0.1, 0.15) is 28.9 Å². The number of carbonyl (C=O) groups excluding carboxylic acids is 2. The van der Waals surface area contributed by atoms with Crippen LogP contribution in [0, 0.1) is 0 Å². The molecule has 0 aliphatic rings. The molecule has 2 aromatic rings. The van der Waals surface area contributed by atoms with E-state index < -0.39 is 5.91 Å². The SMILES string of the molecule is CC(OC=O)c1c[nH]c2ccc(C(N)=O)cc12. The maximum Gasteiger partial charge on any atom is 0.293 e. The highest BCUT2D eigenvalue weighted by Gasteiger charge is 2.13. The number of rotatable bonds is 4. The molecule has 1 heterocycles. The van der Waals surface area contributed by atoms with Crippen LogP contribution in [0.15, 0.2) is 24.4 Å². The fraction of sp³-hybridized carbons (Fsp3) is 0.167. The average molecular weight is 232 g/mol. The van der Waals surface area contributed by atoms with Crippen molar-refractivity contribution in [2.45, 2.75) is 13.0 Å². The molecule has 0 aliphatic heterocycles. The van der Waals surface area contributed by atoms with Crippen molar-refractivity contribution >= 4 is 23.3 Å². The third-order valence-corrected chi connectivity index (χ3v) is 2.70. The van der Waals surface area contributed by atoms with E-state index in [1.54, 1.807) is 31.3 Å². The minimum absolute atomic E-state index is 0.371. The summed E-state index contributed by atoms with van der Waals surface area (Å²) in [4.78, 5) is 24.5. The number of aromatic nitrogens is 1. The van der Waals surface area contributed by atoms with Crippen molar-refractivity contribution in [1.29, 1.82) is 0 Å². The van der Waals surface area contributed by atoms with E-state index in [4.69, 9.17) is 10.5 Å². The molecule has 2 rings (SSSR count). The summed E-state index contributed by atoms with van der Waals surface area (Å²) in [5.74, 6) is -0.483. The molecule has 3 N–H and O–H groups in total. The number of nitrogens with one attached hydrogen (secondary N) is 1. The molecule has 0 radical (unpaired) electrons. The van der Waals surface area contributed by atoms with Gasteiger partial charge < -0.3 is 15.5 Å².